The number of nitrogens with one attached hydrogen (secondary N) is 3. The highest BCUT2D eigenvalue weighted by atomic mass is 32.2. The molecule has 194 valence electrons. The van der Waals surface area contributed by atoms with Crippen LogP contribution in [0.15, 0.2) is 35.2 Å². The molecule has 3 N–H and O–H groups in total. The summed E-state index contributed by atoms with van der Waals surface area (Å²) in [7, 11) is -4.09. The van der Waals surface area contributed by atoms with E-state index in [4.69, 9.17) is 4.74 Å². The van der Waals surface area contributed by atoms with Crippen LogP contribution in [0.3, 0.4) is 0 Å². The summed E-state index contributed by atoms with van der Waals surface area (Å²) in [5, 5.41) is 4.94. The van der Waals surface area contributed by atoms with Gasteiger partial charge in [0.05, 0.1) is 11.5 Å². The Hall–Kier alpha value is -3.15. The van der Waals surface area contributed by atoms with Gasteiger partial charge in [0.25, 0.3) is 15.9 Å². The Morgan fingerprint density at radius 3 is 2.40 bits per heavy atom. The molecule has 2 unspecified atom stereocenters. The molecule has 0 aromatic heterocycles. The minimum Gasteiger partial charge on any atom is -0.449 e. The molecular weight excluding hydrogens is 476 g/mol. The quantitative estimate of drug-likeness (QED) is 0.451. The minimum absolute atomic E-state index is 0.0735. The zero-order chi connectivity index (χ0) is 26.2. The van der Waals surface area contributed by atoms with E-state index in [0.29, 0.717) is 19.4 Å². The lowest BCUT2D eigenvalue weighted by Crippen LogP contribution is -2.54. The second-order valence-electron chi connectivity index (χ2n) is 9.49. The van der Waals surface area contributed by atoms with Gasteiger partial charge in [-0.3, -0.25) is 14.4 Å². The number of hydrogen-bond acceptors (Lipinski definition) is 7. The number of amides is 4. The molecule has 0 aliphatic carbocycles. The Kier molecular flexibility index (Phi) is 9.64. The zero-order valence-corrected chi connectivity index (χ0v) is 21.3. The molecule has 1 heterocycles. The molecule has 12 heteroatoms. The Balaban J connectivity index is 1.94. The molecule has 35 heavy (non-hydrogen) atoms. The van der Waals surface area contributed by atoms with Crippen molar-refractivity contribution in [1.82, 2.24) is 20.3 Å². The van der Waals surface area contributed by atoms with Crippen molar-refractivity contribution in [3.05, 3.63) is 30.3 Å². The molecule has 2 atom stereocenters. The Labute approximate surface area is 206 Å². The molecule has 0 bridgehead atoms. The average Bonchev–Trinajstić information content (AvgIpc) is 3.29. The van der Waals surface area contributed by atoms with Gasteiger partial charge in [-0.1, -0.05) is 45.9 Å². The lowest BCUT2D eigenvalue weighted by Gasteiger charge is -2.26. The fourth-order valence-corrected chi connectivity index (χ4v) is 4.44. The Morgan fingerprint density at radius 1 is 1.14 bits per heavy atom. The smallest absolute Gasteiger partial charge is 0.407 e. The van der Waals surface area contributed by atoms with Crippen molar-refractivity contribution in [2.75, 3.05) is 19.7 Å². The summed E-state index contributed by atoms with van der Waals surface area (Å²) in [6, 6.07) is 5.47. The third-order valence-corrected chi connectivity index (χ3v) is 6.59. The van der Waals surface area contributed by atoms with Crippen LogP contribution in [0.1, 0.15) is 47.0 Å². The normalized spacial score (nSPS) is 16.8. The maximum Gasteiger partial charge on any atom is 0.407 e. The van der Waals surface area contributed by atoms with Gasteiger partial charge >= 0.3 is 6.09 Å². The molecule has 2 rings (SSSR count). The van der Waals surface area contributed by atoms with Crippen LogP contribution < -0.4 is 15.4 Å². The van der Waals surface area contributed by atoms with E-state index >= 15 is 0 Å². The summed E-state index contributed by atoms with van der Waals surface area (Å²) >= 11 is 0. The van der Waals surface area contributed by atoms with Crippen molar-refractivity contribution >= 4 is 33.8 Å². The molecule has 1 aliphatic rings. The first-order valence-electron chi connectivity index (χ1n) is 11.5. The highest BCUT2D eigenvalue weighted by Crippen LogP contribution is 2.18. The number of benzene rings is 1. The van der Waals surface area contributed by atoms with Crippen LogP contribution in [0.4, 0.5) is 4.79 Å². The maximum atomic E-state index is 12.9. The van der Waals surface area contributed by atoms with Gasteiger partial charge in [0.1, 0.15) is 18.6 Å². The number of likely N-dealkylation sites (tertiary alicyclic amines) is 1. The number of sulfonamides is 1. The molecule has 1 aromatic rings. The fraction of sp³-hybridized carbons (Fsp3) is 0.565. The van der Waals surface area contributed by atoms with E-state index in [0.717, 1.165) is 0 Å². The topological polar surface area (TPSA) is 151 Å². The molecule has 0 saturated carbocycles. The molecule has 1 saturated heterocycles. The molecule has 0 spiro atoms. The summed E-state index contributed by atoms with van der Waals surface area (Å²) < 4.78 is 31.9. The molecule has 0 radical (unpaired) electrons. The van der Waals surface area contributed by atoms with Gasteiger partial charge < -0.3 is 20.3 Å². The van der Waals surface area contributed by atoms with Crippen molar-refractivity contribution in [2.24, 2.45) is 5.41 Å². The van der Waals surface area contributed by atoms with E-state index in [1.165, 1.54) is 29.2 Å². The largest absolute Gasteiger partial charge is 0.449 e. The van der Waals surface area contributed by atoms with E-state index in [2.05, 4.69) is 10.6 Å². The third kappa shape index (κ3) is 8.53. The van der Waals surface area contributed by atoms with Crippen LogP contribution in [0, 0.1) is 5.41 Å². The summed E-state index contributed by atoms with van der Waals surface area (Å²) in [4.78, 5) is 51.2. The average molecular weight is 511 g/mol. The van der Waals surface area contributed by atoms with Gasteiger partial charge in [0.15, 0.2) is 0 Å². The van der Waals surface area contributed by atoms with Gasteiger partial charge in [-0.2, -0.15) is 0 Å². The zero-order valence-electron chi connectivity index (χ0n) is 20.5. The van der Waals surface area contributed by atoms with Gasteiger partial charge in [0.2, 0.25) is 11.8 Å². The fourth-order valence-electron chi connectivity index (χ4n) is 3.40. The predicted molar refractivity (Wildman–Crippen MR) is 128 cm³/mol. The van der Waals surface area contributed by atoms with Crippen molar-refractivity contribution in [3.63, 3.8) is 0 Å². The van der Waals surface area contributed by atoms with E-state index in [1.807, 2.05) is 25.5 Å². The molecule has 11 nitrogen and oxygen atoms in total. The highest BCUT2D eigenvalue weighted by molar-refractivity contribution is 7.90. The number of carbonyl (C=O) groups is 4. The minimum atomic E-state index is -4.09. The number of nitrogens with zero attached hydrogens (tertiary/aromatic N) is 1. The molecule has 4 amide bonds. The number of ether oxygens (including phenoxy) is 1. The first kappa shape index (κ1) is 28.1. The van der Waals surface area contributed by atoms with Crippen molar-refractivity contribution in [1.29, 1.82) is 0 Å². The standard InChI is InChI=1S/C23H34N4O7S/c1-5-17(20(29)26-35(32,33)16-10-7-6-8-11-16)25-21(30)18-12-9-13-27(18)19(28)14-24-22(31)34-15-23(2,3)4/h6-8,10-11,17-18H,5,9,12-15H2,1-4H3,(H,24,31)(H,25,30)(H,26,29). The lowest BCUT2D eigenvalue weighted by molar-refractivity contribution is -0.138. The number of alkyl carbamates (subject to hydrolysis) is 1. The van der Waals surface area contributed by atoms with Crippen molar-refractivity contribution in [2.45, 2.75) is 63.9 Å². The van der Waals surface area contributed by atoms with Crippen molar-refractivity contribution < 1.29 is 32.3 Å². The van der Waals surface area contributed by atoms with E-state index < -0.39 is 45.9 Å². The van der Waals surface area contributed by atoms with Gasteiger partial charge in [-0.05, 0) is 36.8 Å². The summed E-state index contributed by atoms with van der Waals surface area (Å²) in [5.41, 5.74) is -0.220. The second kappa shape index (κ2) is 12.0. The monoisotopic (exact) mass is 510 g/mol. The molecular formula is C23H34N4O7S. The Morgan fingerprint density at radius 2 is 1.80 bits per heavy atom. The number of hydrogen-bond donors (Lipinski definition) is 3. The molecule has 1 fully saturated rings. The lowest BCUT2D eigenvalue weighted by atomic mass is 9.99. The maximum absolute atomic E-state index is 12.9. The number of carbonyl (C=O) groups excluding carboxylic acids is 4. The van der Waals surface area contributed by atoms with Crippen LogP contribution in [0.2, 0.25) is 0 Å². The molecule has 1 aromatic carbocycles. The number of rotatable bonds is 9. The second-order valence-corrected chi connectivity index (χ2v) is 11.2. The van der Waals surface area contributed by atoms with Crippen LogP contribution in [-0.4, -0.2) is 68.9 Å². The summed E-state index contributed by atoms with van der Waals surface area (Å²) in [6.07, 6.45) is 0.371. The first-order chi connectivity index (χ1) is 16.3. The molecule has 1 aliphatic heterocycles. The van der Waals surface area contributed by atoms with Gasteiger partial charge in [0, 0.05) is 6.54 Å². The van der Waals surface area contributed by atoms with E-state index in [1.54, 1.807) is 13.0 Å². The van der Waals surface area contributed by atoms with Crippen LogP contribution >= 0.6 is 0 Å². The summed E-state index contributed by atoms with van der Waals surface area (Å²) in [5.74, 6) is -1.89. The van der Waals surface area contributed by atoms with E-state index in [9.17, 15) is 27.6 Å². The third-order valence-electron chi connectivity index (χ3n) is 5.23. The van der Waals surface area contributed by atoms with Gasteiger partial charge in [-0.15, -0.1) is 0 Å². The van der Waals surface area contributed by atoms with Crippen LogP contribution in [-0.2, 0) is 29.1 Å². The first-order valence-corrected chi connectivity index (χ1v) is 12.9. The van der Waals surface area contributed by atoms with E-state index in [-0.39, 0.29) is 29.9 Å². The van der Waals surface area contributed by atoms with Crippen LogP contribution in [0.25, 0.3) is 0 Å². The summed E-state index contributed by atoms with van der Waals surface area (Å²) in [6.45, 7) is 7.51. The van der Waals surface area contributed by atoms with Crippen LogP contribution in [0.5, 0.6) is 0 Å². The van der Waals surface area contributed by atoms with Gasteiger partial charge in [-0.25, -0.2) is 17.9 Å². The predicted octanol–water partition coefficient (Wildman–Crippen LogP) is 1.15. The van der Waals surface area contributed by atoms with Crippen molar-refractivity contribution in [3.8, 4) is 0 Å². The Bertz CT molecular complexity index is 1020. The SMILES string of the molecule is CCC(NC(=O)C1CCCN1C(=O)CNC(=O)OCC(C)(C)C)C(=O)NS(=O)(=O)c1ccccc1. The highest BCUT2D eigenvalue weighted by Gasteiger charge is 2.36.